The van der Waals surface area contributed by atoms with Crippen molar-refractivity contribution in [1.82, 2.24) is 20.3 Å². The van der Waals surface area contributed by atoms with Gasteiger partial charge in [-0.05, 0) is 57.0 Å². The Morgan fingerprint density at radius 2 is 1.57 bits per heavy atom. The van der Waals surface area contributed by atoms with Crippen molar-refractivity contribution in [2.24, 2.45) is 0 Å². The van der Waals surface area contributed by atoms with Crippen LogP contribution in [-0.2, 0) is 16.0 Å². The molecular weight excluding hydrogens is 528 g/mol. The minimum atomic E-state index is 0.198. The molecule has 0 bridgehead atoms. The molecule has 0 spiro atoms. The number of pyridine rings is 1. The van der Waals surface area contributed by atoms with Gasteiger partial charge in [-0.1, -0.05) is 32.1 Å². The molecule has 9 nitrogen and oxygen atoms in total. The van der Waals surface area contributed by atoms with E-state index in [1.807, 2.05) is 0 Å². The highest BCUT2D eigenvalue weighted by atomic mass is 16.5. The van der Waals surface area contributed by atoms with E-state index in [0.717, 1.165) is 65.0 Å². The van der Waals surface area contributed by atoms with E-state index in [1.165, 1.54) is 44.9 Å². The lowest BCUT2D eigenvalue weighted by Crippen LogP contribution is -2.46. The third-order valence-electron chi connectivity index (χ3n) is 9.05. The lowest BCUT2D eigenvalue weighted by molar-refractivity contribution is 0.0973. The molecule has 2 aliphatic heterocycles. The summed E-state index contributed by atoms with van der Waals surface area (Å²) in [5, 5.41) is 4.80. The molecule has 1 saturated carbocycles. The largest absolute Gasteiger partial charge is 0.496 e. The summed E-state index contributed by atoms with van der Waals surface area (Å²) >= 11 is 0. The van der Waals surface area contributed by atoms with Gasteiger partial charge in [0.25, 0.3) is 0 Å². The molecule has 0 radical (unpaired) electrons. The van der Waals surface area contributed by atoms with E-state index in [0.29, 0.717) is 32.5 Å². The minimum absolute atomic E-state index is 0.198. The number of nitrogens with zero attached hydrogens (tertiary/aromatic N) is 5. The van der Waals surface area contributed by atoms with Crippen molar-refractivity contribution in [1.29, 1.82) is 0 Å². The summed E-state index contributed by atoms with van der Waals surface area (Å²) in [6.07, 6.45) is 9.22. The van der Waals surface area contributed by atoms with Crippen molar-refractivity contribution in [3.8, 4) is 17.0 Å². The highest BCUT2D eigenvalue weighted by Gasteiger charge is 2.27. The average molecular weight is 575 g/mol. The molecule has 3 fully saturated rings. The molecule has 9 heteroatoms. The first kappa shape index (κ1) is 29.1. The third kappa shape index (κ3) is 6.48. The predicted molar refractivity (Wildman–Crippen MR) is 168 cm³/mol. The molecule has 226 valence electrons. The maximum atomic E-state index is 5.76. The molecule has 42 heavy (non-hydrogen) atoms. The third-order valence-corrected chi connectivity index (χ3v) is 9.05. The second-order valence-electron chi connectivity index (χ2n) is 12.1. The smallest absolute Gasteiger partial charge is 0.229 e. The summed E-state index contributed by atoms with van der Waals surface area (Å²) in [7, 11) is 1.75. The summed E-state index contributed by atoms with van der Waals surface area (Å²) in [5.74, 6) is 2.56. The van der Waals surface area contributed by atoms with Gasteiger partial charge in [-0.3, -0.25) is 0 Å². The normalized spacial score (nSPS) is 22.6. The average Bonchev–Trinajstić information content (AvgIpc) is 3.00. The van der Waals surface area contributed by atoms with Gasteiger partial charge in [0.2, 0.25) is 5.95 Å². The van der Waals surface area contributed by atoms with Crippen LogP contribution in [0.5, 0.6) is 5.75 Å². The molecule has 2 saturated heterocycles. The first-order valence-corrected chi connectivity index (χ1v) is 15.9. The Labute approximate surface area is 250 Å². The van der Waals surface area contributed by atoms with E-state index in [1.54, 1.807) is 7.11 Å². The van der Waals surface area contributed by atoms with Gasteiger partial charge in [-0.2, -0.15) is 9.97 Å². The summed E-state index contributed by atoms with van der Waals surface area (Å²) in [4.78, 5) is 19.9. The van der Waals surface area contributed by atoms with Crippen LogP contribution in [0.15, 0.2) is 30.3 Å². The number of anilines is 2. The van der Waals surface area contributed by atoms with E-state index in [9.17, 15) is 0 Å². The van der Waals surface area contributed by atoms with Gasteiger partial charge in [-0.25, -0.2) is 4.98 Å². The van der Waals surface area contributed by atoms with Gasteiger partial charge in [-0.15, -0.1) is 0 Å². The summed E-state index contributed by atoms with van der Waals surface area (Å²) in [6.45, 7) is 9.41. The molecule has 2 aromatic heterocycles. The van der Waals surface area contributed by atoms with Gasteiger partial charge in [0.1, 0.15) is 11.6 Å². The maximum absolute atomic E-state index is 5.76. The van der Waals surface area contributed by atoms with Crippen LogP contribution in [0, 0.1) is 0 Å². The van der Waals surface area contributed by atoms with Gasteiger partial charge < -0.3 is 29.3 Å². The second kappa shape index (κ2) is 13.5. The molecule has 3 aromatic rings. The standard InChI is InChI=1S/C33H46N6O3/c1-23-21-41-17-15-38(23)32-28-12-13-29(35-31(28)36-33(37-32)39-16-18-42-22-24(39)2)25-11-14-30(40-3)26(19-25)20-34-27-9-7-5-4-6-8-10-27/h11-14,19,23-24,27,34H,4-10,15-18,20-22H2,1-3H3/t23?,24-/m0/s1. The van der Waals surface area contributed by atoms with Gasteiger partial charge in [0.05, 0.1) is 56.7 Å². The van der Waals surface area contributed by atoms with E-state index < -0.39 is 0 Å². The lowest BCUT2D eigenvalue weighted by Gasteiger charge is -2.37. The lowest BCUT2D eigenvalue weighted by atomic mass is 9.96. The highest BCUT2D eigenvalue weighted by molar-refractivity contribution is 5.90. The molecular formula is C33H46N6O3. The van der Waals surface area contributed by atoms with Crippen molar-refractivity contribution in [3.63, 3.8) is 0 Å². The number of benzene rings is 1. The first-order chi connectivity index (χ1) is 20.6. The second-order valence-corrected chi connectivity index (χ2v) is 12.1. The molecule has 1 aliphatic carbocycles. The first-order valence-electron chi connectivity index (χ1n) is 15.9. The SMILES string of the molecule is COc1ccc(-c2ccc3c(N4CCOCC4C)nc(N4CCOC[C@@H]4C)nc3n2)cc1CNC1CCCCCCC1. The van der Waals surface area contributed by atoms with Crippen LogP contribution in [0.2, 0.25) is 0 Å². The number of morpholine rings is 2. The minimum Gasteiger partial charge on any atom is -0.496 e. The van der Waals surface area contributed by atoms with Crippen molar-refractivity contribution >= 4 is 22.8 Å². The van der Waals surface area contributed by atoms with Gasteiger partial charge >= 0.3 is 0 Å². The number of methoxy groups -OCH3 is 1. The monoisotopic (exact) mass is 574 g/mol. The van der Waals surface area contributed by atoms with E-state index in [-0.39, 0.29) is 12.1 Å². The number of nitrogens with one attached hydrogen (secondary N) is 1. The van der Waals surface area contributed by atoms with E-state index in [2.05, 4.69) is 59.3 Å². The molecule has 1 N–H and O–H groups in total. The molecule has 3 aliphatic rings. The number of rotatable bonds is 7. The highest BCUT2D eigenvalue weighted by Crippen LogP contribution is 2.32. The summed E-state index contributed by atoms with van der Waals surface area (Å²) < 4.78 is 17.2. The Balaban J connectivity index is 1.34. The van der Waals surface area contributed by atoms with E-state index in [4.69, 9.17) is 29.2 Å². The Morgan fingerprint density at radius 1 is 0.857 bits per heavy atom. The van der Waals surface area contributed by atoms with Crippen LogP contribution < -0.4 is 19.9 Å². The summed E-state index contributed by atoms with van der Waals surface area (Å²) in [6, 6.07) is 11.6. The number of fused-ring (bicyclic) bond motifs is 1. The van der Waals surface area contributed by atoms with Crippen LogP contribution in [0.25, 0.3) is 22.3 Å². The fraction of sp³-hybridized carbons (Fsp3) is 0.606. The molecule has 6 rings (SSSR count). The zero-order chi connectivity index (χ0) is 28.9. The molecule has 0 amide bonds. The Hall–Kier alpha value is -3.01. The number of ether oxygens (including phenoxy) is 3. The van der Waals surface area contributed by atoms with Crippen molar-refractivity contribution < 1.29 is 14.2 Å². The zero-order valence-electron chi connectivity index (χ0n) is 25.5. The van der Waals surface area contributed by atoms with Gasteiger partial charge in [0.15, 0.2) is 5.65 Å². The van der Waals surface area contributed by atoms with Crippen molar-refractivity contribution in [2.45, 2.75) is 83.5 Å². The molecule has 4 heterocycles. The predicted octanol–water partition coefficient (Wildman–Crippen LogP) is 5.35. The van der Waals surface area contributed by atoms with Crippen LogP contribution in [0.4, 0.5) is 11.8 Å². The Kier molecular flexibility index (Phi) is 9.37. The van der Waals surface area contributed by atoms with Crippen molar-refractivity contribution in [2.75, 3.05) is 56.4 Å². The topological polar surface area (TPSA) is 84.9 Å². The fourth-order valence-electron chi connectivity index (χ4n) is 6.55. The Bertz CT molecular complexity index is 1340. The number of hydrogen-bond donors (Lipinski definition) is 1. The van der Waals surface area contributed by atoms with Gasteiger partial charge in [0, 0.05) is 36.8 Å². The van der Waals surface area contributed by atoms with Crippen LogP contribution in [0.3, 0.4) is 0 Å². The Morgan fingerprint density at radius 3 is 2.29 bits per heavy atom. The zero-order valence-corrected chi connectivity index (χ0v) is 25.5. The summed E-state index contributed by atoms with van der Waals surface area (Å²) in [5.41, 5.74) is 3.84. The van der Waals surface area contributed by atoms with Crippen LogP contribution in [0.1, 0.15) is 64.4 Å². The molecule has 1 unspecified atom stereocenters. The van der Waals surface area contributed by atoms with Crippen LogP contribution in [-0.4, -0.2) is 79.7 Å². The van der Waals surface area contributed by atoms with Crippen molar-refractivity contribution in [3.05, 3.63) is 35.9 Å². The van der Waals surface area contributed by atoms with E-state index >= 15 is 0 Å². The molecule has 2 atom stereocenters. The fourth-order valence-corrected chi connectivity index (χ4v) is 6.55. The number of aromatic nitrogens is 3. The quantitative estimate of drug-likeness (QED) is 0.401. The molecule has 1 aromatic carbocycles. The number of hydrogen-bond acceptors (Lipinski definition) is 9. The van der Waals surface area contributed by atoms with Crippen LogP contribution >= 0.6 is 0 Å². The maximum Gasteiger partial charge on any atom is 0.229 e.